The Hall–Kier alpha value is -5.26. The summed E-state index contributed by atoms with van der Waals surface area (Å²) in [7, 11) is 3.25. The topological polar surface area (TPSA) is 141 Å². The number of nitrogens with zero attached hydrogens (tertiary/aromatic N) is 2. The van der Waals surface area contributed by atoms with Gasteiger partial charge in [-0.1, -0.05) is 84.9 Å². The third kappa shape index (κ3) is 12.7. The standard InChI is InChI=1S/C32H40N6O6/c1-37(29(39)33-21-25-10-5-3-6-11-25)16-18-43-31(41)35-23-27-14-9-15-28(20-27)24-36-32(42)44-19-17-38(2)30(40)34-22-26-12-7-4-8-13-26/h3-15,20H,16-19,21-24H2,1-2H3,(H,33,39)(H,34,40)(H,35,41)(H,36,42). The molecule has 0 aliphatic heterocycles. The van der Waals surface area contributed by atoms with Gasteiger partial charge in [0.05, 0.1) is 13.1 Å². The molecule has 0 bridgehead atoms. The Kier molecular flexibility index (Phi) is 13.8. The highest BCUT2D eigenvalue weighted by Gasteiger charge is 2.11. The zero-order chi connectivity index (χ0) is 31.6. The van der Waals surface area contributed by atoms with Crippen molar-refractivity contribution in [3.8, 4) is 0 Å². The minimum atomic E-state index is -0.603. The molecule has 0 aliphatic rings. The molecule has 0 saturated carbocycles. The fourth-order valence-corrected chi connectivity index (χ4v) is 3.87. The summed E-state index contributed by atoms with van der Waals surface area (Å²) in [6.07, 6.45) is -1.21. The average molecular weight is 605 g/mol. The van der Waals surface area contributed by atoms with Gasteiger partial charge in [0, 0.05) is 40.3 Å². The molecular formula is C32H40N6O6. The molecule has 3 aromatic rings. The second-order valence-electron chi connectivity index (χ2n) is 9.93. The highest BCUT2D eigenvalue weighted by molar-refractivity contribution is 5.74. The fraction of sp³-hybridized carbons (Fsp3) is 0.312. The summed E-state index contributed by atoms with van der Waals surface area (Å²) in [5.74, 6) is 0. The van der Waals surface area contributed by atoms with E-state index < -0.39 is 12.2 Å². The van der Waals surface area contributed by atoms with Crippen LogP contribution >= 0.6 is 0 Å². The second-order valence-corrected chi connectivity index (χ2v) is 9.93. The Morgan fingerprint density at radius 1 is 0.523 bits per heavy atom. The van der Waals surface area contributed by atoms with Crippen molar-refractivity contribution in [3.63, 3.8) is 0 Å². The van der Waals surface area contributed by atoms with Crippen molar-refractivity contribution in [3.05, 3.63) is 107 Å². The van der Waals surface area contributed by atoms with Crippen LogP contribution in [-0.4, -0.2) is 74.4 Å². The number of hydrogen-bond acceptors (Lipinski definition) is 6. The molecule has 3 rings (SSSR count). The van der Waals surface area contributed by atoms with Gasteiger partial charge in [0.15, 0.2) is 0 Å². The monoisotopic (exact) mass is 604 g/mol. The van der Waals surface area contributed by atoms with Crippen LogP contribution in [0.3, 0.4) is 0 Å². The molecule has 6 amide bonds. The first-order valence-electron chi connectivity index (χ1n) is 14.2. The molecule has 0 heterocycles. The van der Waals surface area contributed by atoms with Gasteiger partial charge in [0.25, 0.3) is 0 Å². The van der Waals surface area contributed by atoms with E-state index in [-0.39, 0.29) is 51.5 Å². The molecule has 0 saturated heterocycles. The summed E-state index contributed by atoms with van der Waals surface area (Å²) in [5, 5.41) is 11.0. The lowest BCUT2D eigenvalue weighted by Gasteiger charge is -2.18. The number of carbonyl (C=O) groups is 4. The predicted octanol–water partition coefficient (Wildman–Crippen LogP) is 3.82. The lowest BCUT2D eigenvalue weighted by atomic mass is 10.1. The normalized spacial score (nSPS) is 10.2. The molecular weight excluding hydrogens is 564 g/mol. The summed E-state index contributed by atoms with van der Waals surface area (Å²) >= 11 is 0. The van der Waals surface area contributed by atoms with Crippen molar-refractivity contribution in [2.24, 2.45) is 0 Å². The molecule has 44 heavy (non-hydrogen) atoms. The van der Waals surface area contributed by atoms with Gasteiger partial charge in [0.1, 0.15) is 13.2 Å². The highest BCUT2D eigenvalue weighted by atomic mass is 16.6. The zero-order valence-corrected chi connectivity index (χ0v) is 25.1. The SMILES string of the molecule is CN(CCOC(=O)NCc1cccc(CNC(=O)OCCN(C)C(=O)NCc2ccccc2)c1)C(=O)NCc1ccccc1. The first kappa shape index (κ1) is 33.2. The predicted molar refractivity (Wildman–Crippen MR) is 165 cm³/mol. The van der Waals surface area contributed by atoms with E-state index in [1.54, 1.807) is 14.1 Å². The van der Waals surface area contributed by atoms with Crippen LogP contribution in [0, 0.1) is 0 Å². The smallest absolute Gasteiger partial charge is 0.407 e. The van der Waals surface area contributed by atoms with Gasteiger partial charge in [-0.15, -0.1) is 0 Å². The molecule has 12 nitrogen and oxygen atoms in total. The Bertz CT molecular complexity index is 1240. The number of benzene rings is 3. The fourth-order valence-electron chi connectivity index (χ4n) is 3.87. The van der Waals surface area contributed by atoms with E-state index in [9.17, 15) is 19.2 Å². The third-order valence-corrected chi connectivity index (χ3v) is 6.45. The average Bonchev–Trinajstić information content (AvgIpc) is 3.05. The maximum Gasteiger partial charge on any atom is 0.407 e. The van der Waals surface area contributed by atoms with Crippen LogP contribution in [0.5, 0.6) is 0 Å². The van der Waals surface area contributed by atoms with E-state index in [0.29, 0.717) is 13.1 Å². The molecule has 0 spiro atoms. The maximum absolute atomic E-state index is 12.2. The van der Waals surface area contributed by atoms with Crippen molar-refractivity contribution in [2.75, 3.05) is 40.4 Å². The van der Waals surface area contributed by atoms with E-state index >= 15 is 0 Å². The Balaban J connectivity index is 1.26. The lowest BCUT2D eigenvalue weighted by Crippen LogP contribution is -2.39. The largest absolute Gasteiger partial charge is 0.448 e. The number of hydrogen-bond donors (Lipinski definition) is 4. The third-order valence-electron chi connectivity index (χ3n) is 6.45. The van der Waals surface area contributed by atoms with Gasteiger partial charge in [0.2, 0.25) is 0 Å². The minimum Gasteiger partial charge on any atom is -0.448 e. The number of likely N-dealkylation sites (N-methyl/N-ethyl adjacent to an activating group) is 2. The summed E-state index contributed by atoms with van der Waals surface area (Å²) in [6, 6.07) is 26.0. The van der Waals surface area contributed by atoms with Gasteiger partial charge >= 0.3 is 24.2 Å². The Morgan fingerprint density at radius 2 is 0.886 bits per heavy atom. The van der Waals surface area contributed by atoms with Crippen LogP contribution in [0.4, 0.5) is 19.2 Å². The Morgan fingerprint density at radius 3 is 1.30 bits per heavy atom. The molecule has 0 aromatic heterocycles. The van der Waals surface area contributed by atoms with Crippen molar-refractivity contribution >= 4 is 24.2 Å². The first-order chi connectivity index (χ1) is 21.3. The summed E-state index contributed by atoms with van der Waals surface area (Å²) in [5.41, 5.74) is 3.61. The second kappa shape index (κ2) is 18.3. The summed E-state index contributed by atoms with van der Waals surface area (Å²) in [6.45, 7) is 1.84. The number of ether oxygens (including phenoxy) is 2. The van der Waals surface area contributed by atoms with Crippen molar-refractivity contribution in [1.29, 1.82) is 0 Å². The molecule has 0 aliphatic carbocycles. The molecule has 4 N–H and O–H groups in total. The Labute approximate surface area is 257 Å². The van der Waals surface area contributed by atoms with E-state index in [0.717, 1.165) is 22.3 Å². The number of rotatable bonds is 14. The number of nitrogens with one attached hydrogen (secondary N) is 4. The van der Waals surface area contributed by atoms with E-state index in [2.05, 4.69) is 21.3 Å². The number of urea groups is 2. The number of carbonyl (C=O) groups excluding carboxylic acids is 4. The highest BCUT2D eigenvalue weighted by Crippen LogP contribution is 2.06. The molecule has 12 heteroatoms. The maximum atomic E-state index is 12.2. The van der Waals surface area contributed by atoms with Crippen LogP contribution in [0.1, 0.15) is 22.3 Å². The van der Waals surface area contributed by atoms with Crippen molar-refractivity contribution < 1.29 is 28.7 Å². The van der Waals surface area contributed by atoms with Crippen LogP contribution in [-0.2, 0) is 35.7 Å². The van der Waals surface area contributed by atoms with E-state index in [1.165, 1.54) is 9.80 Å². The van der Waals surface area contributed by atoms with E-state index in [4.69, 9.17) is 9.47 Å². The minimum absolute atomic E-state index is 0.0430. The summed E-state index contributed by atoms with van der Waals surface area (Å²) in [4.78, 5) is 51.5. The van der Waals surface area contributed by atoms with Crippen LogP contribution < -0.4 is 21.3 Å². The van der Waals surface area contributed by atoms with Crippen LogP contribution in [0.25, 0.3) is 0 Å². The van der Waals surface area contributed by atoms with Crippen LogP contribution in [0.15, 0.2) is 84.9 Å². The first-order valence-corrected chi connectivity index (χ1v) is 14.2. The van der Waals surface area contributed by atoms with Crippen LogP contribution in [0.2, 0.25) is 0 Å². The van der Waals surface area contributed by atoms with Crippen molar-refractivity contribution in [2.45, 2.75) is 26.2 Å². The van der Waals surface area contributed by atoms with Gasteiger partial charge in [-0.05, 0) is 22.3 Å². The molecule has 0 unspecified atom stereocenters. The van der Waals surface area contributed by atoms with Gasteiger partial charge in [-0.2, -0.15) is 0 Å². The molecule has 0 atom stereocenters. The number of alkyl carbamates (subject to hydrolysis) is 2. The summed E-state index contributed by atoms with van der Waals surface area (Å²) < 4.78 is 10.4. The van der Waals surface area contributed by atoms with Gasteiger partial charge in [-0.3, -0.25) is 0 Å². The molecule has 234 valence electrons. The number of amides is 6. The quantitative estimate of drug-likeness (QED) is 0.221. The molecule has 0 fully saturated rings. The van der Waals surface area contributed by atoms with E-state index in [1.807, 2.05) is 84.9 Å². The zero-order valence-electron chi connectivity index (χ0n) is 25.1. The van der Waals surface area contributed by atoms with Gasteiger partial charge < -0.3 is 40.5 Å². The molecule has 0 radical (unpaired) electrons. The lowest BCUT2D eigenvalue weighted by molar-refractivity contribution is 0.133. The van der Waals surface area contributed by atoms with Gasteiger partial charge in [-0.25, -0.2) is 19.2 Å². The molecule has 3 aromatic carbocycles. The van der Waals surface area contributed by atoms with Crippen molar-refractivity contribution in [1.82, 2.24) is 31.1 Å².